The van der Waals surface area contributed by atoms with E-state index < -0.39 is 0 Å². The summed E-state index contributed by atoms with van der Waals surface area (Å²) in [6, 6.07) is 13.8. The summed E-state index contributed by atoms with van der Waals surface area (Å²) in [5, 5.41) is 2.93. The molecule has 5 heteroatoms. The molecule has 0 spiro atoms. The van der Waals surface area contributed by atoms with Crippen LogP contribution in [-0.2, 0) is 5.75 Å². The molecule has 0 aliphatic rings. The van der Waals surface area contributed by atoms with Gasteiger partial charge in [-0.05, 0) is 24.6 Å². The van der Waals surface area contributed by atoms with Gasteiger partial charge in [-0.1, -0.05) is 35.9 Å². The van der Waals surface area contributed by atoms with E-state index in [0.717, 1.165) is 11.5 Å². The van der Waals surface area contributed by atoms with Gasteiger partial charge in [0.15, 0.2) is 11.5 Å². The summed E-state index contributed by atoms with van der Waals surface area (Å²) in [6.07, 6.45) is 0. The van der Waals surface area contributed by atoms with Crippen molar-refractivity contribution in [3.8, 4) is 11.5 Å². The van der Waals surface area contributed by atoms with Gasteiger partial charge in [0.05, 0.1) is 19.8 Å². The molecule has 1 amide bonds. The van der Waals surface area contributed by atoms with E-state index in [-0.39, 0.29) is 5.91 Å². The third-order valence-electron chi connectivity index (χ3n) is 3.57. The molecule has 0 aromatic heterocycles. The maximum absolute atomic E-state index is 12.3. The van der Waals surface area contributed by atoms with Crippen molar-refractivity contribution < 1.29 is 14.3 Å². The number of benzene rings is 2. The highest BCUT2D eigenvalue weighted by atomic mass is 32.2. The van der Waals surface area contributed by atoms with Gasteiger partial charge in [0.2, 0.25) is 0 Å². The van der Waals surface area contributed by atoms with E-state index in [1.165, 1.54) is 18.2 Å². The Balaban J connectivity index is 1.80. The number of para-hydroxylation sites is 1. The first-order valence-corrected chi connectivity index (χ1v) is 8.93. The van der Waals surface area contributed by atoms with Crippen molar-refractivity contribution >= 4 is 17.7 Å². The van der Waals surface area contributed by atoms with Crippen molar-refractivity contribution in [2.24, 2.45) is 0 Å². The van der Waals surface area contributed by atoms with Crippen LogP contribution in [0.4, 0.5) is 0 Å². The number of amides is 1. The highest BCUT2D eigenvalue weighted by Gasteiger charge is 2.15. The van der Waals surface area contributed by atoms with Crippen molar-refractivity contribution in [2.75, 3.05) is 26.5 Å². The van der Waals surface area contributed by atoms with Crippen molar-refractivity contribution in [3.05, 3.63) is 59.2 Å². The van der Waals surface area contributed by atoms with Crippen molar-refractivity contribution in [1.29, 1.82) is 0 Å². The fourth-order valence-corrected chi connectivity index (χ4v) is 3.09. The van der Waals surface area contributed by atoms with Gasteiger partial charge < -0.3 is 14.8 Å². The van der Waals surface area contributed by atoms with Crippen LogP contribution in [0.15, 0.2) is 42.5 Å². The predicted octanol–water partition coefficient (Wildman–Crippen LogP) is 3.68. The molecule has 4 nitrogen and oxygen atoms in total. The Bertz CT molecular complexity index is 671. The Morgan fingerprint density at radius 1 is 1.08 bits per heavy atom. The van der Waals surface area contributed by atoms with E-state index in [2.05, 4.69) is 36.5 Å². The molecule has 2 aromatic carbocycles. The van der Waals surface area contributed by atoms with E-state index in [1.54, 1.807) is 37.1 Å². The highest BCUT2D eigenvalue weighted by molar-refractivity contribution is 7.98. The first-order chi connectivity index (χ1) is 11.7. The molecule has 0 atom stereocenters. The summed E-state index contributed by atoms with van der Waals surface area (Å²) in [7, 11) is 3.09. The topological polar surface area (TPSA) is 47.6 Å². The maximum atomic E-state index is 12.3. The second-order valence-corrected chi connectivity index (χ2v) is 6.44. The van der Waals surface area contributed by atoms with Gasteiger partial charge in [-0.25, -0.2) is 0 Å². The summed E-state index contributed by atoms with van der Waals surface area (Å²) in [5.74, 6) is 2.66. The van der Waals surface area contributed by atoms with Crippen LogP contribution in [0, 0.1) is 6.92 Å². The van der Waals surface area contributed by atoms with Crippen molar-refractivity contribution in [1.82, 2.24) is 5.32 Å². The van der Waals surface area contributed by atoms with Gasteiger partial charge in [-0.2, -0.15) is 11.8 Å². The van der Waals surface area contributed by atoms with Crippen LogP contribution >= 0.6 is 11.8 Å². The number of thioether (sulfide) groups is 1. The summed E-state index contributed by atoms with van der Waals surface area (Å²) in [6.45, 7) is 2.69. The van der Waals surface area contributed by atoms with Gasteiger partial charge in [0.25, 0.3) is 5.91 Å². The smallest absolute Gasteiger partial charge is 0.255 e. The van der Waals surface area contributed by atoms with Crippen molar-refractivity contribution in [2.45, 2.75) is 12.7 Å². The summed E-state index contributed by atoms with van der Waals surface area (Å²) >= 11 is 1.80. The minimum absolute atomic E-state index is 0.151. The fraction of sp³-hybridized carbons (Fsp3) is 0.316. The first-order valence-electron chi connectivity index (χ1n) is 7.78. The average Bonchev–Trinajstić information content (AvgIpc) is 2.62. The number of rotatable bonds is 8. The number of ether oxygens (including phenoxy) is 2. The Morgan fingerprint density at radius 3 is 2.50 bits per heavy atom. The SMILES string of the molecule is COc1cccc(C(=O)NCCSCc2ccc(C)cc2)c1OC. The summed E-state index contributed by atoms with van der Waals surface area (Å²) in [5.41, 5.74) is 3.05. The predicted molar refractivity (Wildman–Crippen MR) is 99.2 cm³/mol. The van der Waals surface area contributed by atoms with Crippen LogP contribution in [0.2, 0.25) is 0 Å². The van der Waals surface area contributed by atoms with Gasteiger partial charge in [-0.15, -0.1) is 0 Å². The second-order valence-electron chi connectivity index (χ2n) is 5.34. The van der Waals surface area contributed by atoms with Gasteiger partial charge in [-0.3, -0.25) is 4.79 Å². The van der Waals surface area contributed by atoms with E-state index >= 15 is 0 Å². The van der Waals surface area contributed by atoms with Gasteiger partial charge in [0, 0.05) is 18.1 Å². The van der Waals surface area contributed by atoms with Crippen LogP contribution in [0.1, 0.15) is 21.5 Å². The molecule has 0 radical (unpaired) electrons. The number of nitrogens with one attached hydrogen (secondary N) is 1. The van der Waals surface area contributed by atoms with E-state index in [4.69, 9.17) is 9.47 Å². The molecule has 24 heavy (non-hydrogen) atoms. The number of carbonyl (C=O) groups is 1. The lowest BCUT2D eigenvalue weighted by Gasteiger charge is -2.12. The summed E-state index contributed by atoms with van der Waals surface area (Å²) < 4.78 is 10.5. The summed E-state index contributed by atoms with van der Waals surface area (Å²) in [4.78, 5) is 12.3. The van der Waals surface area contributed by atoms with Gasteiger partial charge >= 0.3 is 0 Å². The minimum Gasteiger partial charge on any atom is -0.493 e. The van der Waals surface area contributed by atoms with E-state index in [9.17, 15) is 4.79 Å². The van der Waals surface area contributed by atoms with Gasteiger partial charge in [0.1, 0.15) is 0 Å². The molecule has 0 fully saturated rings. The van der Waals surface area contributed by atoms with Crippen LogP contribution in [0.5, 0.6) is 11.5 Å². The first kappa shape index (κ1) is 18.2. The third kappa shape index (κ3) is 4.93. The number of hydrogen-bond donors (Lipinski definition) is 1. The normalized spacial score (nSPS) is 10.3. The largest absolute Gasteiger partial charge is 0.493 e. The Labute approximate surface area is 147 Å². The molecule has 0 saturated carbocycles. The van der Waals surface area contributed by atoms with E-state index in [0.29, 0.717) is 23.6 Å². The van der Waals surface area contributed by atoms with Crippen molar-refractivity contribution in [3.63, 3.8) is 0 Å². The molecule has 0 bridgehead atoms. The molecule has 128 valence electrons. The molecule has 0 aliphatic heterocycles. The maximum Gasteiger partial charge on any atom is 0.255 e. The molecule has 1 N–H and O–H groups in total. The van der Waals surface area contributed by atoms with Crippen LogP contribution < -0.4 is 14.8 Å². The lowest BCUT2D eigenvalue weighted by molar-refractivity contribution is 0.0952. The highest BCUT2D eigenvalue weighted by Crippen LogP contribution is 2.30. The fourth-order valence-electron chi connectivity index (χ4n) is 2.27. The number of hydrogen-bond acceptors (Lipinski definition) is 4. The lowest BCUT2D eigenvalue weighted by atomic mass is 10.1. The number of methoxy groups -OCH3 is 2. The number of carbonyl (C=O) groups excluding carboxylic acids is 1. The average molecular weight is 345 g/mol. The molecule has 0 unspecified atom stereocenters. The standard InChI is InChI=1S/C19H23NO3S/c1-14-7-9-15(10-8-14)13-24-12-11-20-19(21)16-5-4-6-17(22-2)18(16)23-3/h4-10H,11-13H2,1-3H3,(H,20,21). The van der Waals surface area contributed by atoms with Crippen LogP contribution in [-0.4, -0.2) is 32.4 Å². The van der Waals surface area contributed by atoms with E-state index in [1.807, 2.05) is 0 Å². The van der Waals surface area contributed by atoms with Crippen LogP contribution in [0.3, 0.4) is 0 Å². The minimum atomic E-state index is -0.151. The monoisotopic (exact) mass is 345 g/mol. The molecule has 2 aromatic rings. The zero-order chi connectivity index (χ0) is 17.4. The molecule has 0 heterocycles. The molecule has 0 aliphatic carbocycles. The zero-order valence-electron chi connectivity index (χ0n) is 14.3. The third-order valence-corrected chi connectivity index (χ3v) is 4.60. The number of aryl methyl sites for hydroxylation is 1. The second kappa shape index (κ2) is 9.23. The molecular formula is C19H23NO3S. The van der Waals surface area contributed by atoms with Crippen LogP contribution in [0.25, 0.3) is 0 Å². The molecule has 2 rings (SSSR count). The quantitative estimate of drug-likeness (QED) is 0.742. The molecule has 0 saturated heterocycles. The molecular weight excluding hydrogens is 322 g/mol. The lowest BCUT2D eigenvalue weighted by Crippen LogP contribution is -2.26. The zero-order valence-corrected chi connectivity index (χ0v) is 15.1. The Morgan fingerprint density at radius 2 is 1.83 bits per heavy atom. The Hall–Kier alpha value is -2.14. The Kier molecular flexibility index (Phi) is 7.00.